The van der Waals surface area contributed by atoms with Crippen molar-refractivity contribution in [2.45, 2.75) is 30.7 Å². The highest BCUT2D eigenvalue weighted by Gasteiger charge is 2.20. The zero-order valence-corrected chi connectivity index (χ0v) is 16.3. The number of nitrogens with one attached hydrogen (secondary N) is 1. The van der Waals surface area contributed by atoms with E-state index >= 15 is 0 Å². The largest absolute Gasteiger partial charge is 0.454 e. The first kappa shape index (κ1) is 18.4. The Labute approximate surface area is 166 Å². The van der Waals surface area contributed by atoms with E-state index in [1.165, 1.54) is 17.3 Å². The van der Waals surface area contributed by atoms with Gasteiger partial charge in [-0.05, 0) is 49.2 Å². The summed E-state index contributed by atoms with van der Waals surface area (Å²) >= 11 is 1.21. The minimum Gasteiger partial charge on any atom is -0.454 e. The lowest BCUT2D eigenvalue weighted by Crippen LogP contribution is -2.22. The first-order chi connectivity index (χ1) is 13.6. The van der Waals surface area contributed by atoms with Crippen molar-refractivity contribution in [3.05, 3.63) is 48.0 Å². The molecule has 7 nitrogen and oxygen atoms in total. The maximum atomic E-state index is 12.4. The van der Waals surface area contributed by atoms with E-state index in [-0.39, 0.29) is 12.7 Å². The number of carbonyl (C=O) groups is 1. The molecule has 1 N–H and O–H groups in total. The summed E-state index contributed by atoms with van der Waals surface area (Å²) in [6, 6.07) is 13.2. The molecule has 2 heterocycles. The van der Waals surface area contributed by atoms with Crippen LogP contribution < -0.4 is 14.8 Å². The second-order valence-corrected chi connectivity index (χ2v) is 7.53. The van der Waals surface area contributed by atoms with Crippen LogP contribution in [0.1, 0.15) is 19.4 Å². The van der Waals surface area contributed by atoms with Gasteiger partial charge in [0.05, 0.1) is 5.25 Å². The zero-order valence-electron chi connectivity index (χ0n) is 15.5. The standard InChI is InChI=1S/C20H19N3O4S/c1-3-13-4-7-15(8-5-13)21-18(24)12(2)28-20-23-22-19(27-20)14-6-9-16-17(10-14)26-11-25-16/h4-10,12H,3,11H2,1-2H3,(H,21,24). The summed E-state index contributed by atoms with van der Waals surface area (Å²) in [6.45, 7) is 4.09. The van der Waals surface area contributed by atoms with Crippen LogP contribution in [0.3, 0.4) is 0 Å². The number of rotatable bonds is 6. The number of aryl methyl sites for hydroxylation is 1. The van der Waals surface area contributed by atoms with Gasteiger partial charge in [-0.25, -0.2) is 0 Å². The molecule has 0 radical (unpaired) electrons. The highest BCUT2D eigenvalue weighted by Crippen LogP contribution is 2.36. The molecular formula is C20H19N3O4S. The molecule has 1 unspecified atom stereocenters. The number of nitrogens with zero attached hydrogens (tertiary/aromatic N) is 2. The summed E-state index contributed by atoms with van der Waals surface area (Å²) in [5.41, 5.74) is 2.72. The van der Waals surface area contributed by atoms with Gasteiger partial charge in [-0.2, -0.15) is 0 Å². The average molecular weight is 397 g/mol. The summed E-state index contributed by atoms with van der Waals surface area (Å²) in [6.07, 6.45) is 0.962. The van der Waals surface area contributed by atoms with Crippen LogP contribution in [0.15, 0.2) is 52.1 Å². The predicted octanol–water partition coefficient (Wildman–Crippen LogP) is 4.15. The van der Waals surface area contributed by atoms with Crippen LogP contribution in [0.4, 0.5) is 5.69 Å². The Kier molecular flexibility index (Phi) is 5.21. The molecule has 144 valence electrons. The van der Waals surface area contributed by atoms with Gasteiger partial charge in [0.25, 0.3) is 5.22 Å². The van der Waals surface area contributed by atoms with Gasteiger partial charge in [0, 0.05) is 11.3 Å². The van der Waals surface area contributed by atoms with Gasteiger partial charge >= 0.3 is 0 Å². The van der Waals surface area contributed by atoms with Crippen LogP contribution >= 0.6 is 11.8 Å². The van der Waals surface area contributed by atoms with Crippen LogP contribution in [0.5, 0.6) is 11.5 Å². The molecule has 0 aliphatic carbocycles. The van der Waals surface area contributed by atoms with Crippen molar-refractivity contribution in [2.24, 2.45) is 0 Å². The van der Waals surface area contributed by atoms with Gasteiger partial charge in [-0.3, -0.25) is 4.79 Å². The van der Waals surface area contributed by atoms with Gasteiger partial charge in [-0.1, -0.05) is 30.8 Å². The molecule has 1 atom stereocenters. The van der Waals surface area contributed by atoms with Crippen molar-refractivity contribution in [1.82, 2.24) is 10.2 Å². The molecular weight excluding hydrogens is 378 g/mol. The van der Waals surface area contributed by atoms with E-state index in [0.717, 1.165) is 17.7 Å². The second-order valence-electron chi connectivity index (χ2n) is 6.24. The normalized spacial score (nSPS) is 13.4. The van der Waals surface area contributed by atoms with E-state index < -0.39 is 5.25 Å². The maximum absolute atomic E-state index is 12.4. The molecule has 2 aromatic carbocycles. The molecule has 0 saturated heterocycles. The van der Waals surface area contributed by atoms with E-state index in [0.29, 0.717) is 22.6 Å². The number of carbonyl (C=O) groups excluding carboxylic acids is 1. The lowest BCUT2D eigenvalue weighted by molar-refractivity contribution is -0.115. The third-order valence-corrected chi connectivity index (χ3v) is 5.24. The van der Waals surface area contributed by atoms with E-state index in [2.05, 4.69) is 22.4 Å². The van der Waals surface area contributed by atoms with Crippen LogP contribution in [0.2, 0.25) is 0 Å². The van der Waals surface area contributed by atoms with Crippen molar-refractivity contribution in [2.75, 3.05) is 12.1 Å². The monoisotopic (exact) mass is 397 g/mol. The molecule has 0 spiro atoms. The number of amides is 1. The first-order valence-corrected chi connectivity index (χ1v) is 9.80. The number of hydrogen-bond acceptors (Lipinski definition) is 7. The highest BCUT2D eigenvalue weighted by molar-refractivity contribution is 8.00. The lowest BCUT2D eigenvalue weighted by Gasteiger charge is -2.10. The number of ether oxygens (including phenoxy) is 2. The molecule has 3 aromatic rings. The van der Waals surface area contributed by atoms with Crippen molar-refractivity contribution in [1.29, 1.82) is 0 Å². The molecule has 1 aliphatic rings. The van der Waals surface area contributed by atoms with E-state index in [4.69, 9.17) is 13.9 Å². The molecule has 0 saturated carbocycles. The SMILES string of the molecule is CCc1ccc(NC(=O)C(C)Sc2nnc(-c3ccc4c(c3)OCO4)o2)cc1. The molecule has 1 amide bonds. The topological polar surface area (TPSA) is 86.5 Å². The predicted molar refractivity (Wildman–Crippen MR) is 106 cm³/mol. The van der Waals surface area contributed by atoms with Crippen LogP contribution in [-0.2, 0) is 11.2 Å². The minimum absolute atomic E-state index is 0.128. The van der Waals surface area contributed by atoms with Crippen molar-refractivity contribution < 1.29 is 18.7 Å². The van der Waals surface area contributed by atoms with Gasteiger partial charge in [0.1, 0.15) is 0 Å². The zero-order chi connectivity index (χ0) is 19.5. The van der Waals surface area contributed by atoms with Gasteiger partial charge < -0.3 is 19.2 Å². The van der Waals surface area contributed by atoms with Gasteiger partial charge in [0.2, 0.25) is 18.6 Å². The van der Waals surface area contributed by atoms with Crippen molar-refractivity contribution in [3.63, 3.8) is 0 Å². The second kappa shape index (κ2) is 7.93. The van der Waals surface area contributed by atoms with Crippen molar-refractivity contribution in [3.8, 4) is 23.0 Å². The lowest BCUT2D eigenvalue weighted by atomic mass is 10.1. The maximum Gasteiger partial charge on any atom is 0.277 e. The van der Waals surface area contributed by atoms with Crippen LogP contribution in [0.25, 0.3) is 11.5 Å². The Morgan fingerprint density at radius 3 is 2.71 bits per heavy atom. The molecule has 4 rings (SSSR count). The Hall–Kier alpha value is -3.00. The molecule has 8 heteroatoms. The minimum atomic E-state index is -0.393. The summed E-state index contributed by atoms with van der Waals surface area (Å²) in [7, 11) is 0. The molecule has 1 aliphatic heterocycles. The average Bonchev–Trinajstić information content (AvgIpc) is 3.37. The van der Waals surface area contributed by atoms with E-state index in [9.17, 15) is 4.79 Å². The Bertz CT molecular complexity index is 987. The van der Waals surface area contributed by atoms with Crippen LogP contribution in [-0.4, -0.2) is 28.1 Å². The van der Waals surface area contributed by atoms with E-state index in [1.807, 2.05) is 30.3 Å². The summed E-state index contributed by atoms with van der Waals surface area (Å²) in [5.74, 6) is 1.57. The third-order valence-electron chi connectivity index (χ3n) is 4.30. The van der Waals surface area contributed by atoms with Crippen LogP contribution in [0, 0.1) is 0 Å². The number of benzene rings is 2. The van der Waals surface area contributed by atoms with E-state index in [1.54, 1.807) is 19.1 Å². The summed E-state index contributed by atoms with van der Waals surface area (Å²) in [4.78, 5) is 12.4. The fourth-order valence-electron chi connectivity index (χ4n) is 2.68. The number of hydrogen-bond donors (Lipinski definition) is 1. The molecule has 1 aromatic heterocycles. The molecule has 0 fully saturated rings. The number of thioether (sulfide) groups is 1. The Morgan fingerprint density at radius 1 is 1.14 bits per heavy atom. The van der Waals surface area contributed by atoms with Gasteiger partial charge in [0.15, 0.2) is 11.5 Å². The Balaban J connectivity index is 1.39. The highest BCUT2D eigenvalue weighted by atomic mass is 32.2. The van der Waals surface area contributed by atoms with Crippen molar-refractivity contribution >= 4 is 23.4 Å². The first-order valence-electron chi connectivity index (χ1n) is 8.92. The summed E-state index contributed by atoms with van der Waals surface area (Å²) < 4.78 is 16.4. The number of anilines is 1. The number of fused-ring (bicyclic) bond motifs is 1. The fraction of sp³-hybridized carbons (Fsp3) is 0.250. The summed E-state index contributed by atoms with van der Waals surface area (Å²) in [5, 5.41) is 10.9. The fourth-order valence-corrected chi connectivity index (χ4v) is 3.36. The molecule has 0 bridgehead atoms. The van der Waals surface area contributed by atoms with Gasteiger partial charge in [-0.15, -0.1) is 10.2 Å². The third kappa shape index (κ3) is 3.96. The molecule has 28 heavy (non-hydrogen) atoms. The smallest absolute Gasteiger partial charge is 0.277 e. The Morgan fingerprint density at radius 2 is 1.93 bits per heavy atom. The quantitative estimate of drug-likeness (QED) is 0.625. The number of aromatic nitrogens is 2.